The molecule has 0 aliphatic heterocycles. The molecule has 194 valence electrons. The highest BCUT2D eigenvalue weighted by Crippen LogP contribution is 2.14. The smallest absolute Gasteiger partial charge is 0.494 e. The van der Waals surface area contributed by atoms with E-state index in [1.165, 1.54) is 48.5 Å². The summed E-state index contributed by atoms with van der Waals surface area (Å²) in [6.45, 7) is 3.56. The predicted octanol–water partition coefficient (Wildman–Crippen LogP) is 3.50. The standard InChI is InChI=1S/C22H22O14/c1-3-27-17-9-5-15(6-10-17)19(23)31-35-33-21(25)29-13-14-30-22(26)34-36-32-20(24)16-7-11-18(12-8-16)28-4-2/h5-12H,3-4,13-14H2,1-2H3. The van der Waals surface area contributed by atoms with Crippen LogP contribution in [-0.2, 0) is 39.1 Å². The Morgan fingerprint density at radius 2 is 0.917 bits per heavy atom. The van der Waals surface area contributed by atoms with Crippen molar-refractivity contribution in [3.05, 3.63) is 59.7 Å². The Bertz CT molecular complexity index is 905. The second-order valence-corrected chi connectivity index (χ2v) is 6.16. The predicted molar refractivity (Wildman–Crippen MR) is 113 cm³/mol. The quantitative estimate of drug-likeness (QED) is 0.167. The summed E-state index contributed by atoms with van der Waals surface area (Å²) in [5.41, 5.74) is 0.212. The normalized spacial score (nSPS) is 9.94. The molecule has 2 rings (SSSR count). The Morgan fingerprint density at radius 3 is 1.25 bits per heavy atom. The lowest BCUT2D eigenvalue weighted by molar-refractivity contribution is -0.453. The van der Waals surface area contributed by atoms with Crippen LogP contribution in [0.5, 0.6) is 11.5 Å². The summed E-state index contributed by atoms with van der Waals surface area (Å²) in [7, 11) is 0. The molecule has 0 radical (unpaired) electrons. The van der Waals surface area contributed by atoms with E-state index in [0.717, 1.165) is 0 Å². The summed E-state index contributed by atoms with van der Waals surface area (Å²) >= 11 is 0. The summed E-state index contributed by atoms with van der Waals surface area (Å²) < 4.78 is 19.4. The summed E-state index contributed by atoms with van der Waals surface area (Å²) in [5, 5.41) is 8.07. The summed E-state index contributed by atoms with van der Waals surface area (Å²) in [6.07, 6.45) is -2.79. The van der Waals surface area contributed by atoms with Crippen LogP contribution in [0.15, 0.2) is 48.5 Å². The minimum Gasteiger partial charge on any atom is -0.494 e. The first-order valence-electron chi connectivity index (χ1n) is 10.3. The van der Waals surface area contributed by atoms with Gasteiger partial charge in [-0.3, -0.25) is 9.78 Å². The van der Waals surface area contributed by atoms with Gasteiger partial charge in [0.1, 0.15) is 24.7 Å². The molecule has 0 amide bonds. The van der Waals surface area contributed by atoms with Crippen molar-refractivity contribution in [2.45, 2.75) is 13.8 Å². The molecule has 2 aromatic rings. The number of hydrogen-bond donors (Lipinski definition) is 0. The maximum absolute atomic E-state index is 11.7. The van der Waals surface area contributed by atoms with E-state index in [1.54, 1.807) is 0 Å². The monoisotopic (exact) mass is 510 g/mol. The Morgan fingerprint density at radius 1 is 0.556 bits per heavy atom. The van der Waals surface area contributed by atoms with Gasteiger partial charge in [-0.05, 0) is 62.4 Å². The summed E-state index contributed by atoms with van der Waals surface area (Å²) in [6, 6.07) is 11.8. The third-order valence-corrected chi connectivity index (χ3v) is 3.75. The number of carbonyl (C=O) groups is 4. The van der Waals surface area contributed by atoms with Crippen molar-refractivity contribution in [1.29, 1.82) is 0 Å². The molecule has 0 saturated heterocycles. The average Bonchev–Trinajstić information content (AvgIpc) is 2.88. The highest BCUT2D eigenvalue weighted by molar-refractivity contribution is 5.89. The van der Waals surface area contributed by atoms with Crippen LogP contribution >= 0.6 is 0 Å². The third kappa shape index (κ3) is 10.1. The van der Waals surface area contributed by atoms with Gasteiger partial charge < -0.3 is 18.9 Å². The molecular weight excluding hydrogens is 488 g/mol. The molecule has 0 aromatic heterocycles. The molecule has 0 atom stereocenters. The van der Waals surface area contributed by atoms with Crippen LogP contribution in [0, 0.1) is 0 Å². The van der Waals surface area contributed by atoms with Crippen LogP contribution in [0.4, 0.5) is 9.59 Å². The number of hydrogen-bond acceptors (Lipinski definition) is 14. The highest BCUT2D eigenvalue weighted by atomic mass is 17.5. The first-order valence-corrected chi connectivity index (χ1v) is 10.3. The van der Waals surface area contributed by atoms with E-state index in [2.05, 4.69) is 39.1 Å². The molecule has 0 aliphatic carbocycles. The lowest BCUT2D eigenvalue weighted by atomic mass is 10.2. The molecule has 0 bridgehead atoms. The van der Waals surface area contributed by atoms with E-state index >= 15 is 0 Å². The Labute approximate surface area is 204 Å². The van der Waals surface area contributed by atoms with Crippen LogP contribution in [0.25, 0.3) is 0 Å². The molecule has 0 aliphatic rings. The van der Waals surface area contributed by atoms with Crippen molar-refractivity contribution >= 4 is 24.2 Å². The molecule has 0 saturated carbocycles. The van der Waals surface area contributed by atoms with E-state index in [-0.39, 0.29) is 11.1 Å². The Balaban J connectivity index is 1.52. The summed E-state index contributed by atoms with van der Waals surface area (Å²) in [4.78, 5) is 62.8. The number of ether oxygens (including phenoxy) is 4. The van der Waals surface area contributed by atoms with Gasteiger partial charge in [-0.1, -0.05) is 0 Å². The second kappa shape index (κ2) is 15.4. The first-order chi connectivity index (χ1) is 17.4. The van der Waals surface area contributed by atoms with Gasteiger partial charge in [0, 0.05) is 0 Å². The van der Waals surface area contributed by atoms with Gasteiger partial charge in [0.25, 0.3) is 0 Å². The van der Waals surface area contributed by atoms with Crippen molar-refractivity contribution in [2.75, 3.05) is 26.4 Å². The fourth-order valence-electron chi connectivity index (χ4n) is 2.25. The highest BCUT2D eigenvalue weighted by Gasteiger charge is 2.14. The van der Waals surface area contributed by atoms with Gasteiger partial charge in [0.15, 0.2) is 0 Å². The average molecular weight is 510 g/mol. The molecule has 36 heavy (non-hydrogen) atoms. The van der Waals surface area contributed by atoms with Crippen molar-refractivity contribution in [1.82, 2.24) is 0 Å². The number of carbonyl (C=O) groups excluding carboxylic acids is 4. The van der Waals surface area contributed by atoms with Crippen LogP contribution in [0.3, 0.4) is 0 Å². The zero-order valence-corrected chi connectivity index (χ0v) is 19.2. The van der Waals surface area contributed by atoms with E-state index in [9.17, 15) is 19.2 Å². The van der Waals surface area contributed by atoms with Gasteiger partial charge in [0.05, 0.1) is 34.4 Å². The van der Waals surface area contributed by atoms with E-state index < -0.39 is 37.5 Å². The fourth-order valence-corrected chi connectivity index (χ4v) is 2.25. The Kier molecular flexibility index (Phi) is 11.8. The van der Waals surface area contributed by atoms with Gasteiger partial charge in [0.2, 0.25) is 0 Å². The fraction of sp³-hybridized carbons (Fsp3) is 0.273. The van der Waals surface area contributed by atoms with E-state index in [1.807, 2.05) is 13.8 Å². The van der Waals surface area contributed by atoms with E-state index in [0.29, 0.717) is 24.7 Å². The zero-order valence-electron chi connectivity index (χ0n) is 19.2. The van der Waals surface area contributed by atoms with Crippen molar-refractivity contribution in [3.63, 3.8) is 0 Å². The molecule has 0 fully saturated rings. The van der Waals surface area contributed by atoms with Crippen LogP contribution < -0.4 is 9.47 Å². The molecule has 14 heteroatoms. The van der Waals surface area contributed by atoms with Gasteiger partial charge in [-0.15, -0.1) is 0 Å². The number of benzene rings is 2. The summed E-state index contributed by atoms with van der Waals surface area (Å²) in [5.74, 6) is -0.782. The number of rotatable bonds is 13. The second-order valence-electron chi connectivity index (χ2n) is 6.16. The topological polar surface area (TPSA) is 161 Å². The minimum atomic E-state index is -1.40. The molecule has 2 aromatic carbocycles. The van der Waals surface area contributed by atoms with Gasteiger partial charge in [-0.2, -0.15) is 0 Å². The first kappa shape index (κ1) is 27.7. The molecule has 0 spiro atoms. The lowest BCUT2D eigenvalue weighted by Gasteiger charge is -2.06. The molecule has 0 N–H and O–H groups in total. The van der Waals surface area contributed by atoms with Gasteiger partial charge in [-0.25, -0.2) is 29.0 Å². The molecule has 0 unspecified atom stereocenters. The SMILES string of the molecule is CCOc1ccc(C(=O)OOOC(=O)OCCOC(=O)OOOC(=O)c2ccc(OCC)cc2)cc1. The molecule has 0 heterocycles. The maximum Gasteiger partial charge on any atom is 0.543 e. The zero-order chi connectivity index (χ0) is 26.2. The largest absolute Gasteiger partial charge is 0.543 e. The van der Waals surface area contributed by atoms with Crippen molar-refractivity contribution in [3.8, 4) is 11.5 Å². The molecule has 14 nitrogen and oxygen atoms in total. The molecular formula is C22H22O14. The Hall–Kier alpha value is -4.56. The van der Waals surface area contributed by atoms with Crippen LogP contribution in [0.1, 0.15) is 34.6 Å². The van der Waals surface area contributed by atoms with Gasteiger partial charge >= 0.3 is 24.2 Å². The van der Waals surface area contributed by atoms with Crippen molar-refractivity contribution < 1.29 is 67.8 Å². The van der Waals surface area contributed by atoms with E-state index in [4.69, 9.17) is 9.47 Å². The van der Waals surface area contributed by atoms with Crippen LogP contribution in [0.2, 0.25) is 0 Å². The van der Waals surface area contributed by atoms with Crippen molar-refractivity contribution in [2.24, 2.45) is 0 Å². The lowest BCUT2D eigenvalue weighted by Crippen LogP contribution is -2.17. The van der Waals surface area contributed by atoms with Crippen LogP contribution in [-0.4, -0.2) is 50.7 Å². The third-order valence-electron chi connectivity index (χ3n) is 3.75. The maximum atomic E-state index is 11.7. The minimum absolute atomic E-state index is 0.106.